The van der Waals surface area contributed by atoms with Crippen LogP contribution < -0.4 is 16.0 Å². The minimum atomic E-state index is -0.0695. The van der Waals surface area contributed by atoms with Gasteiger partial charge in [0.1, 0.15) is 0 Å². The molecule has 134 valence electrons. The minimum Gasteiger partial charge on any atom is -0.354 e. The number of nitrogens with zero attached hydrogens (tertiary/aromatic N) is 1. The van der Waals surface area contributed by atoms with Crippen molar-refractivity contribution in [2.45, 2.75) is 45.6 Å². The lowest BCUT2D eigenvalue weighted by atomic mass is 9.97. The molecular formula is C16H31ClN4O2. The van der Waals surface area contributed by atoms with E-state index in [4.69, 9.17) is 0 Å². The predicted molar refractivity (Wildman–Crippen MR) is 93.8 cm³/mol. The van der Waals surface area contributed by atoms with Crippen LogP contribution in [-0.2, 0) is 4.79 Å². The van der Waals surface area contributed by atoms with Crippen molar-refractivity contribution < 1.29 is 9.59 Å². The number of carbonyl (C=O) groups is 2. The average molecular weight is 347 g/mol. The molecule has 0 aromatic heterocycles. The van der Waals surface area contributed by atoms with Gasteiger partial charge in [-0.3, -0.25) is 4.79 Å². The van der Waals surface area contributed by atoms with E-state index in [1.807, 2.05) is 0 Å². The van der Waals surface area contributed by atoms with Gasteiger partial charge in [-0.1, -0.05) is 13.8 Å². The lowest BCUT2D eigenvalue weighted by molar-refractivity contribution is -0.126. The Balaban J connectivity index is 0.00000264. The van der Waals surface area contributed by atoms with E-state index in [9.17, 15) is 9.59 Å². The van der Waals surface area contributed by atoms with Crippen LogP contribution in [0.1, 0.15) is 39.5 Å². The molecule has 0 spiro atoms. The summed E-state index contributed by atoms with van der Waals surface area (Å²) in [7, 11) is 0. The normalized spacial score (nSPS) is 24.2. The first-order valence-electron chi connectivity index (χ1n) is 8.60. The van der Waals surface area contributed by atoms with E-state index in [0.717, 1.165) is 32.4 Å². The molecule has 0 radical (unpaired) electrons. The summed E-state index contributed by atoms with van der Waals surface area (Å²) in [5.41, 5.74) is 0. The highest BCUT2D eigenvalue weighted by Crippen LogP contribution is 2.17. The van der Waals surface area contributed by atoms with Gasteiger partial charge < -0.3 is 20.9 Å². The van der Waals surface area contributed by atoms with Crippen LogP contribution in [0.2, 0.25) is 0 Å². The summed E-state index contributed by atoms with van der Waals surface area (Å²) < 4.78 is 0. The second-order valence-corrected chi connectivity index (χ2v) is 6.90. The Morgan fingerprint density at radius 2 is 2.00 bits per heavy atom. The van der Waals surface area contributed by atoms with Crippen molar-refractivity contribution in [3.63, 3.8) is 0 Å². The highest BCUT2D eigenvalue weighted by Gasteiger charge is 2.28. The minimum absolute atomic E-state index is 0. The number of nitrogens with one attached hydrogen (secondary N) is 3. The number of hydrogen-bond acceptors (Lipinski definition) is 3. The standard InChI is InChI=1S/C16H30N4O2.ClH/c1-12(2)9-19-16(22)20-8-4-5-13(11-20)15(21)18-10-14-6-3-7-17-14;/h12-14,17H,3-11H2,1-2H3,(H,18,21)(H,19,22);1H. The fourth-order valence-electron chi connectivity index (χ4n) is 3.08. The molecule has 3 amide bonds. The van der Waals surface area contributed by atoms with Gasteiger partial charge in [-0.25, -0.2) is 4.79 Å². The van der Waals surface area contributed by atoms with Crippen LogP contribution in [0.25, 0.3) is 0 Å². The highest BCUT2D eigenvalue weighted by atomic mass is 35.5. The Morgan fingerprint density at radius 1 is 1.22 bits per heavy atom. The molecular weight excluding hydrogens is 316 g/mol. The van der Waals surface area contributed by atoms with Crippen molar-refractivity contribution >= 4 is 24.3 Å². The number of piperidine rings is 1. The predicted octanol–water partition coefficient (Wildman–Crippen LogP) is 1.35. The largest absolute Gasteiger partial charge is 0.354 e. The zero-order valence-electron chi connectivity index (χ0n) is 14.3. The van der Waals surface area contributed by atoms with Crippen LogP contribution in [0.3, 0.4) is 0 Å². The van der Waals surface area contributed by atoms with Crippen molar-refractivity contribution in [3.8, 4) is 0 Å². The molecule has 2 fully saturated rings. The molecule has 6 nitrogen and oxygen atoms in total. The summed E-state index contributed by atoms with van der Waals surface area (Å²) in [6.45, 7) is 7.86. The van der Waals surface area contributed by atoms with E-state index in [1.165, 1.54) is 6.42 Å². The van der Waals surface area contributed by atoms with Crippen molar-refractivity contribution in [1.82, 2.24) is 20.9 Å². The molecule has 0 saturated carbocycles. The van der Waals surface area contributed by atoms with Gasteiger partial charge in [-0.05, 0) is 38.1 Å². The zero-order valence-corrected chi connectivity index (χ0v) is 15.1. The molecule has 0 aliphatic carbocycles. The van der Waals surface area contributed by atoms with Crippen LogP contribution in [0.15, 0.2) is 0 Å². The molecule has 0 aromatic rings. The third-order valence-electron chi connectivity index (χ3n) is 4.43. The van der Waals surface area contributed by atoms with Crippen LogP contribution in [0.5, 0.6) is 0 Å². The van der Waals surface area contributed by atoms with Gasteiger partial charge in [0, 0.05) is 32.2 Å². The number of urea groups is 1. The van der Waals surface area contributed by atoms with Crippen LogP contribution in [-0.4, -0.2) is 55.6 Å². The molecule has 2 unspecified atom stereocenters. The van der Waals surface area contributed by atoms with Gasteiger partial charge in [-0.2, -0.15) is 0 Å². The number of amides is 3. The maximum absolute atomic E-state index is 12.3. The summed E-state index contributed by atoms with van der Waals surface area (Å²) in [5.74, 6) is 0.460. The van der Waals surface area contributed by atoms with Gasteiger partial charge in [0.05, 0.1) is 5.92 Å². The van der Waals surface area contributed by atoms with E-state index in [0.29, 0.717) is 31.6 Å². The monoisotopic (exact) mass is 346 g/mol. The molecule has 2 aliphatic rings. The quantitative estimate of drug-likeness (QED) is 0.703. The van der Waals surface area contributed by atoms with Crippen molar-refractivity contribution in [3.05, 3.63) is 0 Å². The second-order valence-electron chi connectivity index (χ2n) is 6.90. The van der Waals surface area contributed by atoms with Crippen molar-refractivity contribution in [1.29, 1.82) is 0 Å². The fraction of sp³-hybridized carbons (Fsp3) is 0.875. The first-order chi connectivity index (χ1) is 10.6. The highest BCUT2D eigenvalue weighted by molar-refractivity contribution is 5.85. The first-order valence-corrected chi connectivity index (χ1v) is 8.60. The Labute approximate surface area is 145 Å². The van der Waals surface area contributed by atoms with E-state index >= 15 is 0 Å². The molecule has 23 heavy (non-hydrogen) atoms. The summed E-state index contributed by atoms with van der Waals surface area (Å²) >= 11 is 0. The molecule has 2 rings (SSSR count). The van der Waals surface area contributed by atoms with E-state index in [-0.39, 0.29) is 30.3 Å². The maximum Gasteiger partial charge on any atom is 0.317 e. The molecule has 7 heteroatoms. The third-order valence-corrected chi connectivity index (χ3v) is 4.43. The van der Waals surface area contributed by atoms with Gasteiger partial charge in [0.15, 0.2) is 0 Å². The van der Waals surface area contributed by atoms with Crippen LogP contribution in [0, 0.1) is 11.8 Å². The lowest BCUT2D eigenvalue weighted by Gasteiger charge is -2.32. The number of likely N-dealkylation sites (tertiary alicyclic amines) is 1. The maximum atomic E-state index is 12.3. The lowest BCUT2D eigenvalue weighted by Crippen LogP contribution is -2.50. The topological polar surface area (TPSA) is 73.5 Å². The summed E-state index contributed by atoms with van der Waals surface area (Å²) in [6.07, 6.45) is 4.09. The summed E-state index contributed by atoms with van der Waals surface area (Å²) in [6, 6.07) is 0.377. The SMILES string of the molecule is CC(C)CNC(=O)N1CCCC(C(=O)NCC2CCCN2)C1.Cl. The van der Waals surface area contributed by atoms with Gasteiger partial charge >= 0.3 is 6.03 Å². The molecule has 0 aromatic carbocycles. The Hall–Kier alpha value is -1.01. The Morgan fingerprint density at radius 3 is 2.65 bits per heavy atom. The molecule has 0 bridgehead atoms. The molecule has 2 aliphatic heterocycles. The summed E-state index contributed by atoms with van der Waals surface area (Å²) in [4.78, 5) is 26.2. The number of rotatable bonds is 5. The molecule has 2 saturated heterocycles. The smallest absolute Gasteiger partial charge is 0.317 e. The van der Waals surface area contributed by atoms with Gasteiger partial charge in [0.25, 0.3) is 0 Å². The van der Waals surface area contributed by atoms with E-state index in [1.54, 1.807) is 4.90 Å². The van der Waals surface area contributed by atoms with Crippen LogP contribution in [0.4, 0.5) is 4.79 Å². The van der Waals surface area contributed by atoms with E-state index < -0.39 is 0 Å². The summed E-state index contributed by atoms with van der Waals surface area (Å²) in [5, 5.41) is 9.36. The fourth-order valence-corrected chi connectivity index (χ4v) is 3.08. The Bertz CT molecular complexity index is 386. The molecule has 2 atom stereocenters. The van der Waals surface area contributed by atoms with Crippen LogP contribution >= 0.6 is 12.4 Å². The third kappa shape index (κ3) is 6.55. The first kappa shape index (κ1) is 20.0. The average Bonchev–Trinajstić information content (AvgIpc) is 3.03. The molecule has 2 heterocycles. The Kier molecular flexibility index (Phi) is 8.69. The second kappa shape index (κ2) is 9.98. The zero-order chi connectivity index (χ0) is 15.9. The number of carbonyl (C=O) groups excluding carboxylic acids is 2. The van der Waals surface area contributed by atoms with E-state index in [2.05, 4.69) is 29.8 Å². The van der Waals surface area contributed by atoms with Crippen molar-refractivity contribution in [2.24, 2.45) is 11.8 Å². The number of halogens is 1. The van der Waals surface area contributed by atoms with Gasteiger partial charge in [0.2, 0.25) is 5.91 Å². The molecule has 3 N–H and O–H groups in total. The van der Waals surface area contributed by atoms with Crippen molar-refractivity contribution in [2.75, 3.05) is 32.7 Å². The van der Waals surface area contributed by atoms with Gasteiger partial charge in [-0.15, -0.1) is 12.4 Å². The number of hydrogen-bond donors (Lipinski definition) is 3.